The lowest BCUT2D eigenvalue weighted by molar-refractivity contribution is 0.0573. The maximum absolute atomic E-state index is 6.24. The van der Waals surface area contributed by atoms with E-state index < -0.39 is 0 Å². The van der Waals surface area contributed by atoms with Crippen LogP contribution in [-0.2, 0) is 11.2 Å². The highest BCUT2D eigenvalue weighted by molar-refractivity contribution is 7.09. The maximum atomic E-state index is 6.24. The normalized spacial score (nSPS) is 19.8. The lowest BCUT2D eigenvalue weighted by atomic mass is 9.89. The predicted octanol–water partition coefficient (Wildman–Crippen LogP) is 2.82. The summed E-state index contributed by atoms with van der Waals surface area (Å²) in [7, 11) is 0. The van der Waals surface area contributed by atoms with Crippen molar-refractivity contribution in [2.24, 2.45) is 11.7 Å². The lowest BCUT2D eigenvalue weighted by Gasteiger charge is -2.27. The van der Waals surface area contributed by atoms with Crippen LogP contribution in [0.25, 0.3) is 0 Å². The summed E-state index contributed by atoms with van der Waals surface area (Å²) in [5.74, 6) is 0.692. The van der Waals surface area contributed by atoms with Crippen LogP contribution in [0.1, 0.15) is 30.6 Å². The largest absolute Gasteiger partial charge is 0.381 e. The summed E-state index contributed by atoms with van der Waals surface area (Å²) in [5.41, 5.74) is 6.24. The first-order chi connectivity index (χ1) is 7.86. The number of hydrogen-bond donors (Lipinski definition) is 1. The van der Waals surface area contributed by atoms with E-state index in [1.165, 1.54) is 17.7 Å². The van der Waals surface area contributed by atoms with E-state index >= 15 is 0 Å². The molecule has 1 aliphatic heterocycles. The standard InChI is InChI=1S/C13H21NOS/c14-13(11-6-8-15-9-7-11)5-1-3-12-4-2-10-16-12/h2,4,10-11,13H,1,3,5-9,14H2. The smallest absolute Gasteiger partial charge is 0.0469 e. The molecule has 0 bridgehead atoms. The zero-order valence-corrected chi connectivity index (χ0v) is 10.5. The molecule has 2 nitrogen and oxygen atoms in total. The minimum absolute atomic E-state index is 0.379. The fourth-order valence-corrected chi connectivity index (χ4v) is 3.10. The molecule has 2 rings (SSSR count). The molecule has 0 aromatic carbocycles. The third-order valence-corrected chi connectivity index (χ3v) is 4.35. The number of thiophene rings is 1. The topological polar surface area (TPSA) is 35.2 Å². The zero-order chi connectivity index (χ0) is 11.2. The summed E-state index contributed by atoms with van der Waals surface area (Å²) >= 11 is 1.85. The van der Waals surface area contributed by atoms with Gasteiger partial charge in [-0.3, -0.25) is 0 Å². The highest BCUT2D eigenvalue weighted by Gasteiger charge is 2.20. The molecule has 1 aromatic heterocycles. The van der Waals surface area contributed by atoms with Gasteiger partial charge in [0.1, 0.15) is 0 Å². The van der Waals surface area contributed by atoms with E-state index in [0.29, 0.717) is 12.0 Å². The van der Waals surface area contributed by atoms with Crippen molar-refractivity contribution in [3.05, 3.63) is 22.4 Å². The van der Waals surface area contributed by atoms with Gasteiger partial charge in [0.2, 0.25) is 0 Å². The predicted molar refractivity (Wildman–Crippen MR) is 68.8 cm³/mol. The monoisotopic (exact) mass is 239 g/mol. The molecule has 16 heavy (non-hydrogen) atoms. The Hall–Kier alpha value is -0.380. The van der Waals surface area contributed by atoms with Crippen LogP contribution in [-0.4, -0.2) is 19.3 Å². The van der Waals surface area contributed by atoms with Crippen LogP contribution in [0.4, 0.5) is 0 Å². The Balaban J connectivity index is 1.65. The fourth-order valence-electron chi connectivity index (χ4n) is 2.35. The minimum Gasteiger partial charge on any atom is -0.381 e. The van der Waals surface area contributed by atoms with E-state index in [9.17, 15) is 0 Å². The zero-order valence-electron chi connectivity index (χ0n) is 9.73. The summed E-state index contributed by atoms with van der Waals surface area (Å²) in [6, 6.07) is 4.71. The van der Waals surface area contributed by atoms with Crippen LogP contribution in [0.3, 0.4) is 0 Å². The fraction of sp³-hybridized carbons (Fsp3) is 0.692. The van der Waals surface area contributed by atoms with Crippen molar-refractivity contribution >= 4 is 11.3 Å². The second-order valence-electron chi connectivity index (χ2n) is 4.59. The van der Waals surface area contributed by atoms with Crippen molar-refractivity contribution in [2.75, 3.05) is 13.2 Å². The summed E-state index contributed by atoms with van der Waals surface area (Å²) in [6.07, 6.45) is 5.87. The van der Waals surface area contributed by atoms with Crippen molar-refractivity contribution in [2.45, 2.75) is 38.1 Å². The van der Waals surface area contributed by atoms with Crippen molar-refractivity contribution in [3.8, 4) is 0 Å². The van der Waals surface area contributed by atoms with E-state index in [-0.39, 0.29) is 0 Å². The summed E-state index contributed by atoms with van der Waals surface area (Å²) in [5, 5.41) is 2.15. The Bertz CT molecular complexity index is 280. The highest BCUT2D eigenvalue weighted by Crippen LogP contribution is 2.21. The van der Waals surface area contributed by atoms with Gasteiger partial charge in [0.05, 0.1) is 0 Å². The summed E-state index contributed by atoms with van der Waals surface area (Å²) < 4.78 is 5.36. The van der Waals surface area contributed by atoms with Crippen LogP contribution < -0.4 is 5.73 Å². The van der Waals surface area contributed by atoms with E-state index in [4.69, 9.17) is 10.5 Å². The molecule has 0 saturated carbocycles. The molecule has 2 N–H and O–H groups in total. The first-order valence-electron chi connectivity index (χ1n) is 6.22. The van der Waals surface area contributed by atoms with E-state index in [1.54, 1.807) is 0 Å². The van der Waals surface area contributed by atoms with Crippen LogP contribution in [0.5, 0.6) is 0 Å². The number of nitrogens with two attached hydrogens (primary N) is 1. The van der Waals surface area contributed by atoms with Gasteiger partial charge < -0.3 is 10.5 Å². The average molecular weight is 239 g/mol. The highest BCUT2D eigenvalue weighted by atomic mass is 32.1. The van der Waals surface area contributed by atoms with Crippen LogP contribution in [0, 0.1) is 5.92 Å². The Morgan fingerprint density at radius 3 is 2.94 bits per heavy atom. The molecule has 1 unspecified atom stereocenters. The third-order valence-electron chi connectivity index (χ3n) is 3.41. The van der Waals surface area contributed by atoms with Crippen LogP contribution in [0.15, 0.2) is 17.5 Å². The minimum atomic E-state index is 0.379. The van der Waals surface area contributed by atoms with Crippen molar-refractivity contribution in [1.29, 1.82) is 0 Å². The van der Waals surface area contributed by atoms with E-state index in [0.717, 1.165) is 32.5 Å². The molecule has 0 spiro atoms. The van der Waals surface area contributed by atoms with E-state index in [2.05, 4.69) is 17.5 Å². The van der Waals surface area contributed by atoms with E-state index in [1.807, 2.05) is 11.3 Å². The Kier molecular flexibility index (Phi) is 4.82. The molecule has 1 aromatic rings. The first-order valence-corrected chi connectivity index (χ1v) is 7.10. The van der Waals surface area contributed by atoms with Gasteiger partial charge in [0.15, 0.2) is 0 Å². The van der Waals surface area contributed by atoms with Crippen molar-refractivity contribution < 1.29 is 4.74 Å². The van der Waals surface area contributed by atoms with Gasteiger partial charge in [-0.2, -0.15) is 0 Å². The Labute approximate surface area is 102 Å². The SMILES string of the molecule is NC(CCCc1cccs1)C1CCOCC1. The van der Waals surface area contributed by atoms with Gasteiger partial charge in [-0.05, 0) is 49.5 Å². The molecule has 1 aliphatic rings. The first kappa shape index (κ1) is 12.1. The molecule has 3 heteroatoms. The Morgan fingerprint density at radius 2 is 2.25 bits per heavy atom. The molecule has 0 amide bonds. The molecule has 1 atom stereocenters. The van der Waals surface area contributed by atoms with Gasteiger partial charge in [-0.25, -0.2) is 0 Å². The molecule has 90 valence electrons. The van der Waals surface area contributed by atoms with Gasteiger partial charge in [-0.15, -0.1) is 11.3 Å². The molecule has 1 saturated heterocycles. The van der Waals surface area contributed by atoms with Gasteiger partial charge in [0.25, 0.3) is 0 Å². The molecule has 0 radical (unpaired) electrons. The van der Waals surface area contributed by atoms with Crippen LogP contribution in [0.2, 0.25) is 0 Å². The maximum Gasteiger partial charge on any atom is 0.0469 e. The van der Waals surface area contributed by atoms with Gasteiger partial charge >= 0.3 is 0 Å². The number of ether oxygens (including phenoxy) is 1. The molecule has 1 fully saturated rings. The average Bonchev–Trinajstić information content (AvgIpc) is 2.83. The van der Waals surface area contributed by atoms with Crippen molar-refractivity contribution in [1.82, 2.24) is 0 Å². The molecule has 2 heterocycles. The van der Waals surface area contributed by atoms with Crippen LogP contribution >= 0.6 is 11.3 Å². The summed E-state index contributed by atoms with van der Waals surface area (Å²) in [4.78, 5) is 1.49. The summed E-state index contributed by atoms with van der Waals surface area (Å²) in [6.45, 7) is 1.81. The quantitative estimate of drug-likeness (QED) is 0.857. The van der Waals surface area contributed by atoms with Gasteiger partial charge in [-0.1, -0.05) is 6.07 Å². The Morgan fingerprint density at radius 1 is 1.44 bits per heavy atom. The molecular weight excluding hydrogens is 218 g/mol. The third kappa shape index (κ3) is 3.58. The molecular formula is C13H21NOS. The second-order valence-corrected chi connectivity index (χ2v) is 5.62. The number of rotatable bonds is 5. The second kappa shape index (κ2) is 6.38. The van der Waals surface area contributed by atoms with Gasteiger partial charge in [0, 0.05) is 24.1 Å². The lowest BCUT2D eigenvalue weighted by Crippen LogP contribution is -2.34. The number of hydrogen-bond acceptors (Lipinski definition) is 3. The van der Waals surface area contributed by atoms with Crippen molar-refractivity contribution in [3.63, 3.8) is 0 Å². The molecule has 0 aliphatic carbocycles. The number of aryl methyl sites for hydroxylation is 1.